The second-order valence-electron chi connectivity index (χ2n) is 11.7. The van der Waals surface area contributed by atoms with Gasteiger partial charge in [-0.15, -0.1) is 5.10 Å². The van der Waals surface area contributed by atoms with Crippen LogP contribution in [0.3, 0.4) is 0 Å². The Balaban J connectivity index is 0.977. The second-order valence-corrected chi connectivity index (χ2v) is 11.7. The predicted molar refractivity (Wildman–Crippen MR) is 138 cm³/mol. The molecule has 3 aliphatic carbocycles. The standard InChI is InChI=1S/C28H36N6O2/c1-19-25(20(2)34-26(29-19)30-21(3)31-34)36-24-8-9-33(14-24)23-6-4-22(5-7-23)28-15-27(16-28,17-28)18-32-10-12-35-13-11-32/h4-7,24H,8-18H2,1-3H3/t24-,27?,28?/m1/s1. The summed E-state index contributed by atoms with van der Waals surface area (Å²) < 4.78 is 13.8. The molecule has 190 valence electrons. The molecule has 4 heterocycles. The molecule has 3 aromatic rings. The third kappa shape index (κ3) is 3.60. The number of rotatable bonds is 6. The Morgan fingerprint density at radius 3 is 2.50 bits per heavy atom. The van der Waals surface area contributed by atoms with Crippen molar-refractivity contribution < 1.29 is 9.47 Å². The van der Waals surface area contributed by atoms with Crippen LogP contribution in [0.2, 0.25) is 0 Å². The Hall–Kier alpha value is -2.71. The molecule has 2 aliphatic heterocycles. The first-order valence-electron chi connectivity index (χ1n) is 13.4. The first-order valence-corrected chi connectivity index (χ1v) is 13.4. The van der Waals surface area contributed by atoms with Gasteiger partial charge in [-0.25, -0.2) is 4.98 Å². The number of aryl methyl sites for hydroxylation is 3. The third-order valence-electron chi connectivity index (χ3n) is 9.02. The molecule has 2 bridgehead atoms. The van der Waals surface area contributed by atoms with E-state index in [1.165, 1.54) is 37.1 Å². The minimum Gasteiger partial charge on any atom is -0.485 e. The maximum Gasteiger partial charge on any atom is 0.253 e. The topological polar surface area (TPSA) is 68.0 Å². The van der Waals surface area contributed by atoms with Gasteiger partial charge in [-0.2, -0.15) is 9.50 Å². The van der Waals surface area contributed by atoms with Crippen LogP contribution in [-0.4, -0.2) is 76.5 Å². The van der Waals surface area contributed by atoms with Crippen molar-refractivity contribution in [3.05, 3.63) is 47.0 Å². The van der Waals surface area contributed by atoms with Gasteiger partial charge in [-0.05, 0) is 68.6 Å². The zero-order valence-corrected chi connectivity index (χ0v) is 21.7. The van der Waals surface area contributed by atoms with E-state index in [4.69, 9.17) is 9.47 Å². The van der Waals surface area contributed by atoms with Gasteiger partial charge in [0.25, 0.3) is 5.78 Å². The minimum absolute atomic E-state index is 0.142. The van der Waals surface area contributed by atoms with E-state index in [1.54, 1.807) is 4.52 Å². The Labute approximate surface area is 212 Å². The van der Waals surface area contributed by atoms with E-state index in [9.17, 15) is 0 Å². The predicted octanol–water partition coefficient (Wildman–Crippen LogP) is 3.46. The molecule has 0 N–H and O–H groups in total. The van der Waals surface area contributed by atoms with Crippen LogP contribution in [0, 0.1) is 26.2 Å². The summed E-state index contributed by atoms with van der Waals surface area (Å²) in [6.07, 6.45) is 5.22. The number of hydrogen-bond acceptors (Lipinski definition) is 7. The number of hydrogen-bond donors (Lipinski definition) is 0. The zero-order chi connectivity index (χ0) is 24.5. The van der Waals surface area contributed by atoms with Gasteiger partial charge in [0.2, 0.25) is 0 Å². The van der Waals surface area contributed by atoms with Crippen molar-refractivity contribution in [1.82, 2.24) is 24.5 Å². The van der Waals surface area contributed by atoms with Crippen LogP contribution < -0.4 is 9.64 Å². The van der Waals surface area contributed by atoms with Crippen molar-refractivity contribution in [2.45, 2.75) is 58.0 Å². The Bertz CT molecular complexity index is 1280. The fourth-order valence-corrected chi connectivity index (χ4v) is 7.39. The van der Waals surface area contributed by atoms with Crippen molar-refractivity contribution in [1.29, 1.82) is 0 Å². The van der Waals surface area contributed by atoms with E-state index < -0.39 is 0 Å². The summed E-state index contributed by atoms with van der Waals surface area (Å²) in [7, 11) is 0. The SMILES string of the molecule is Cc1nc2nc(C)c(O[C@@H]3CCN(c4ccc(C56CC(CN7CCOCC7)(C5)C6)cc4)C3)c(C)n2n1. The molecular weight excluding hydrogens is 452 g/mol. The largest absolute Gasteiger partial charge is 0.485 e. The number of fused-ring (bicyclic) bond motifs is 1. The van der Waals surface area contributed by atoms with Crippen molar-refractivity contribution in [3.63, 3.8) is 0 Å². The lowest BCUT2D eigenvalue weighted by molar-refractivity contribution is -0.162. The van der Waals surface area contributed by atoms with E-state index >= 15 is 0 Å². The van der Waals surface area contributed by atoms with Crippen molar-refractivity contribution in [3.8, 4) is 5.75 Å². The maximum atomic E-state index is 6.49. The average Bonchev–Trinajstić information content (AvgIpc) is 3.45. The van der Waals surface area contributed by atoms with Crippen LogP contribution in [0.5, 0.6) is 5.75 Å². The van der Waals surface area contributed by atoms with E-state index in [2.05, 4.69) is 49.1 Å². The molecule has 5 aliphatic rings. The van der Waals surface area contributed by atoms with Gasteiger partial charge in [0.1, 0.15) is 11.9 Å². The third-order valence-corrected chi connectivity index (χ3v) is 9.02. The minimum atomic E-state index is 0.142. The zero-order valence-electron chi connectivity index (χ0n) is 21.7. The highest BCUT2D eigenvalue weighted by Gasteiger charge is 2.68. The lowest BCUT2D eigenvalue weighted by atomic mass is 9.33. The molecule has 0 radical (unpaired) electrons. The molecule has 2 saturated heterocycles. The van der Waals surface area contributed by atoms with Crippen LogP contribution in [0.25, 0.3) is 5.78 Å². The Morgan fingerprint density at radius 2 is 1.75 bits per heavy atom. The molecular formula is C28H36N6O2. The van der Waals surface area contributed by atoms with Gasteiger partial charge in [0, 0.05) is 38.3 Å². The maximum absolute atomic E-state index is 6.49. The number of benzene rings is 1. The van der Waals surface area contributed by atoms with Crippen LogP contribution in [-0.2, 0) is 10.2 Å². The fourth-order valence-electron chi connectivity index (χ4n) is 7.39. The van der Waals surface area contributed by atoms with E-state index in [0.29, 0.717) is 16.6 Å². The lowest BCUT2D eigenvalue weighted by Crippen LogP contribution is -2.68. The van der Waals surface area contributed by atoms with Gasteiger partial charge in [0.15, 0.2) is 5.75 Å². The summed E-state index contributed by atoms with van der Waals surface area (Å²) >= 11 is 0. The number of ether oxygens (including phenoxy) is 2. The summed E-state index contributed by atoms with van der Waals surface area (Å²) in [4.78, 5) is 14.1. The Morgan fingerprint density at radius 1 is 1.00 bits per heavy atom. The molecule has 8 rings (SSSR count). The monoisotopic (exact) mass is 488 g/mol. The summed E-state index contributed by atoms with van der Waals surface area (Å²) in [6, 6.07) is 9.44. The summed E-state index contributed by atoms with van der Waals surface area (Å²) in [5.41, 5.74) is 5.70. The molecule has 0 amide bonds. The number of aromatic nitrogens is 4. The molecule has 36 heavy (non-hydrogen) atoms. The molecule has 2 aromatic heterocycles. The van der Waals surface area contributed by atoms with Crippen LogP contribution in [0.15, 0.2) is 24.3 Å². The number of morpholine rings is 1. The van der Waals surface area contributed by atoms with E-state index in [-0.39, 0.29) is 6.10 Å². The first kappa shape index (κ1) is 22.5. The summed E-state index contributed by atoms with van der Waals surface area (Å²) in [5, 5.41) is 4.47. The van der Waals surface area contributed by atoms with Crippen LogP contribution >= 0.6 is 0 Å². The quantitative estimate of drug-likeness (QED) is 0.526. The molecule has 8 heteroatoms. The molecule has 0 spiro atoms. The van der Waals surface area contributed by atoms with E-state index in [1.807, 2.05) is 20.8 Å². The second kappa shape index (κ2) is 8.15. The molecule has 1 atom stereocenters. The van der Waals surface area contributed by atoms with Crippen LogP contribution in [0.1, 0.15) is 48.5 Å². The summed E-state index contributed by atoms with van der Waals surface area (Å²) in [5.74, 6) is 2.20. The molecule has 0 unspecified atom stereocenters. The molecule has 3 saturated carbocycles. The normalized spacial score (nSPS) is 29.9. The van der Waals surface area contributed by atoms with Crippen molar-refractivity contribution >= 4 is 11.5 Å². The van der Waals surface area contributed by atoms with Gasteiger partial charge < -0.3 is 14.4 Å². The highest BCUT2D eigenvalue weighted by atomic mass is 16.5. The Kier molecular flexibility index (Phi) is 5.09. The van der Waals surface area contributed by atoms with Crippen molar-refractivity contribution in [2.75, 3.05) is 50.8 Å². The highest BCUT2D eigenvalue weighted by molar-refractivity contribution is 5.52. The smallest absolute Gasteiger partial charge is 0.253 e. The van der Waals surface area contributed by atoms with E-state index in [0.717, 1.165) is 68.8 Å². The average molecular weight is 489 g/mol. The first-order chi connectivity index (χ1) is 17.4. The van der Waals surface area contributed by atoms with Crippen LogP contribution in [0.4, 0.5) is 5.69 Å². The van der Waals surface area contributed by atoms with Crippen molar-refractivity contribution in [2.24, 2.45) is 5.41 Å². The molecule has 8 nitrogen and oxygen atoms in total. The molecule has 1 aromatic carbocycles. The lowest BCUT2D eigenvalue weighted by Gasteiger charge is -2.72. The van der Waals surface area contributed by atoms with Gasteiger partial charge in [0.05, 0.1) is 31.1 Å². The van der Waals surface area contributed by atoms with Gasteiger partial charge in [-0.1, -0.05) is 12.1 Å². The number of nitrogens with zero attached hydrogens (tertiary/aromatic N) is 6. The van der Waals surface area contributed by atoms with Gasteiger partial charge in [-0.3, -0.25) is 4.90 Å². The fraction of sp³-hybridized carbons (Fsp3) is 0.607. The summed E-state index contributed by atoms with van der Waals surface area (Å²) in [6.45, 7) is 13.1. The molecule has 5 fully saturated rings. The van der Waals surface area contributed by atoms with Gasteiger partial charge >= 0.3 is 0 Å². The highest BCUT2D eigenvalue weighted by Crippen LogP contribution is 2.73. The number of anilines is 1.